The third kappa shape index (κ3) is 3.87. The van der Waals surface area contributed by atoms with Crippen LogP contribution in [0.15, 0.2) is 18.2 Å². The summed E-state index contributed by atoms with van der Waals surface area (Å²) >= 11 is 11.8. The Balaban J connectivity index is 2.07. The van der Waals surface area contributed by atoms with E-state index in [2.05, 4.69) is 16.7 Å². The fourth-order valence-electron chi connectivity index (χ4n) is 1.92. The Morgan fingerprint density at radius 3 is 2.67 bits per heavy atom. The Hall–Kier alpha value is -1.77. The van der Waals surface area contributed by atoms with Crippen LogP contribution >= 0.6 is 23.2 Å². The zero-order valence-corrected chi connectivity index (χ0v) is 12.5. The summed E-state index contributed by atoms with van der Waals surface area (Å²) in [4.78, 5) is 22.8. The third-order valence-electron chi connectivity index (χ3n) is 3.34. The lowest BCUT2D eigenvalue weighted by atomic mass is 10.0. The lowest BCUT2D eigenvalue weighted by Gasteiger charge is -2.18. The maximum atomic E-state index is 12.2. The van der Waals surface area contributed by atoms with Crippen LogP contribution in [0.5, 0.6) is 0 Å². The number of rotatable bonds is 6. The average Bonchev–Trinajstić information content (AvgIpc) is 3.22. The van der Waals surface area contributed by atoms with Gasteiger partial charge in [0, 0.05) is 6.42 Å². The van der Waals surface area contributed by atoms with Crippen LogP contribution in [0.25, 0.3) is 0 Å². The van der Waals surface area contributed by atoms with Crippen molar-refractivity contribution in [1.29, 1.82) is 5.26 Å². The first-order valence-corrected chi connectivity index (χ1v) is 7.12. The molecule has 0 bridgehead atoms. The molecule has 0 radical (unpaired) electrons. The quantitative estimate of drug-likeness (QED) is 0.783. The molecule has 0 saturated heterocycles. The molecule has 1 fully saturated rings. The molecule has 0 heterocycles. The molecule has 0 aromatic heterocycles. The standard InChI is InChI=1S/C14H13Cl2N3O2/c15-10-2-1-9(5-11(10)16)6-12(18-8-20)13(21)19-14(7-17)3-4-14/h1-2,5,8,12H,3-4,6H2,(H,18,20)(H,19,21)/t12-/m1/s1. The minimum Gasteiger partial charge on any atom is -0.347 e. The highest BCUT2D eigenvalue weighted by molar-refractivity contribution is 6.42. The van der Waals surface area contributed by atoms with Gasteiger partial charge in [0.15, 0.2) is 0 Å². The number of nitriles is 1. The van der Waals surface area contributed by atoms with Gasteiger partial charge >= 0.3 is 0 Å². The molecule has 1 aromatic carbocycles. The Labute approximate surface area is 132 Å². The maximum Gasteiger partial charge on any atom is 0.244 e. The van der Waals surface area contributed by atoms with Crippen LogP contribution < -0.4 is 10.6 Å². The van der Waals surface area contributed by atoms with Gasteiger partial charge in [0.1, 0.15) is 11.6 Å². The molecule has 2 N–H and O–H groups in total. The highest BCUT2D eigenvalue weighted by Gasteiger charge is 2.45. The Morgan fingerprint density at radius 2 is 2.14 bits per heavy atom. The van der Waals surface area contributed by atoms with Crippen molar-refractivity contribution < 1.29 is 9.59 Å². The van der Waals surface area contributed by atoms with Crippen molar-refractivity contribution in [3.8, 4) is 6.07 Å². The number of hydrogen-bond acceptors (Lipinski definition) is 3. The van der Waals surface area contributed by atoms with Crippen LogP contribution in [0.3, 0.4) is 0 Å². The normalized spacial score (nSPS) is 16.4. The van der Waals surface area contributed by atoms with E-state index in [9.17, 15) is 9.59 Å². The molecule has 0 aliphatic heterocycles. The highest BCUT2D eigenvalue weighted by atomic mass is 35.5. The number of nitrogens with zero attached hydrogens (tertiary/aromatic N) is 1. The summed E-state index contributed by atoms with van der Waals surface area (Å²) < 4.78 is 0. The van der Waals surface area contributed by atoms with E-state index in [0.29, 0.717) is 29.3 Å². The molecule has 2 rings (SSSR count). The second-order valence-electron chi connectivity index (χ2n) is 4.97. The van der Waals surface area contributed by atoms with Gasteiger partial charge in [-0.2, -0.15) is 5.26 Å². The number of hydrogen-bond donors (Lipinski definition) is 2. The molecule has 7 heteroatoms. The monoisotopic (exact) mass is 325 g/mol. The van der Waals surface area contributed by atoms with Gasteiger partial charge < -0.3 is 10.6 Å². The van der Waals surface area contributed by atoms with Gasteiger partial charge in [0.05, 0.1) is 16.1 Å². The highest BCUT2D eigenvalue weighted by Crippen LogP contribution is 2.34. The van der Waals surface area contributed by atoms with Crippen molar-refractivity contribution in [2.45, 2.75) is 30.8 Å². The molecular weight excluding hydrogens is 313 g/mol. The number of halogens is 2. The third-order valence-corrected chi connectivity index (χ3v) is 4.08. The predicted molar refractivity (Wildman–Crippen MR) is 78.9 cm³/mol. The zero-order chi connectivity index (χ0) is 15.5. The number of amides is 2. The molecule has 0 unspecified atom stereocenters. The van der Waals surface area contributed by atoms with Crippen molar-refractivity contribution in [1.82, 2.24) is 10.6 Å². The van der Waals surface area contributed by atoms with Crippen LogP contribution in [0.2, 0.25) is 10.0 Å². The molecule has 110 valence electrons. The van der Waals surface area contributed by atoms with Gasteiger partial charge in [0.25, 0.3) is 0 Å². The fourth-order valence-corrected chi connectivity index (χ4v) is 2.25. The van der Waals surface area contributed by atoms with Crippen molar-refractivity contribution >= 4 is 35.5 Å². The lowest BCUT2D eigenvalue weighted by Crippen LogP contribution is -2.49. The van der Waals surface area contributed by atoms with Crippen molar-refractivity contribution in [3.05, 3.63) is 33.8 Å². The average molecular weight is 326 g/mol. The second-order valence-corrected chi connectivity index (χ2v) is 5.79. The number of benzene rings is 1. The predicted octanol–water partition coefficient (Wildman–Crippen LogP) is 1.82. The van der Waals surface area contributed by atoms with Crippen molar-refractivity contribution in [2.24, 2.45) is 0 Å². The Morgan fingerprint density at radius 1 is 1.43 bits per heavy atom. The van der Waals surface area contributed by atoms with Gasteiger partial charge in [-0.3, -0.25) is 9.59 Å². The molecule has 1 aliphatic carbocycles. The minimum absolute atomic E-state index is 0.267. The lowest BCUT2D eigenvalue weighted by molar-refractivity contribution is -0.125. The summed E-state index contributed by atoms with van der Waals surface area (Å²) in [7, 11) is 0. The molecule has 1 atom stereocenters. The molecule has 1 saturated carbocycles. The first-order chi connectivity index (χ1) is 9.99. The number of carbonyl (C=O) groups excluding carboxylic acids is 2. The van der Waals surface area contributed by atoms with Crippen molar-refractivity contribution in [2.75, 3.05) is 0 Å². The molecule has 1 aromatic rings. The van der Waals surface area contributed by atoms with Gasteiger partial charge in [-0.1, -0.05) is 29.3 Å². The van der Waals surface area contributed by atoms with E-state index < -0.39 is 11.6 Å². The summed E-state index contributed by atoms with van der Waals surface area (Å²) in [5, 5.41) is 14.9. The number of carbonyl (C=O) groups is 2. The van der Waals surface area contributed by atoms with Gasteiger partial charge in [-0.05, 0) is 30.5 Å². The van der Waals surface area contributed by atoms with Crippen molar-refractivity contribution in [3.63, 3.8) is 0 Å². The Bertz CT molecular complexity index is 609. The first kappa shape index (κ1) is 15.6. The Kier molecular flexibility index (Phi) is 4.71. The van der Waals surface area contributed by atoms with E-state index in [-0.39, 0.29) is 12.3 Å². The second kappa shape index (κ2) is 6.33. The molecule has 0 spiro atoms. The topological polar surface area (TPSA) is 82.0 Å². The summed E-state index contributed by atoms with van der Waals surface area (Å²) in [6, 6.07) is 6.33. The maximum absolute atomic E-state index is 12.2. The van der Waals surface area contributed by atoms with E-state index in [1.54, 1.807) is 18.2 Å². The summed E-state index contributed by atoms with van der Waals surface area (Å²) in [6.45, 7) is 0. The first-order valence-electron chi connectivity index (χ1n) is 6.36. The molecule has 2 amide bonds. The SMILES string of the molecule is N#CC1(NC(=O)[C@@H](Cc2ccc(Cl)c(Cl)c2)NC=O)CC1. The summed E-state index contributed by atoms with van der Waals surface area (Å²) in [6.07, 6.45) is 2.00. The van der Waals surface area contributed by atoms with Gasteiger partial charge in [-0.15, -0.1) is 0 Å². The van der Waals surface area contributed by atoms with Crippen LogP contribution in [0.1, 0.15) is 18.4 Å². The fraction of sp³-hybridized carbons (Fsp3) is 0.357. The molecule has 1 aliphatic rings. The largest absolute Gasteiger partial charge is 0.347 e. The van der Waals surface area contributed by atoms with Gasteiger partial charge in [0.2, 0.25) is 12.3 Å². The van der Waals surface area contributed by atoms with Gasteiger partial charge in [-0.25, -0.2) is 0 Å². The summed E-state index contributed by atoms with van der Waals surface area (Å²) in [5.74, 6) is -0.382. The van der Waals surface area contributed by atoms with Crippen LogP contribution in [-0.4, -0.2) is 23.9 Å². The van der Waals surface area contributed by atoms with Crippen LogP contribution in [0.4, 0.5) is 0 Å². The van der Waals surface area contributed by atoms with E-state index in [0.717, 1.165) is 5.56 Å². The van der Waals surface area contributed by atoms with E-state index in [1.807, 2.05) is 0 Å². The minimum atomic E-state index is -0.766. The smallest absolute Gasteiger partial charge is 0.244 e. The van der Waals surface area contributed by atoms with Crippen LogP contribution in [-0.2, 0) is 16.0 Å². The number of nitrogens with one attached hydrogen (secondary N) is 2. The summed E-state index contributed by atoms with van der Waals surface area (Å²) in [5.41, 5.74) is -0.00179. The van der Waals surface area contributed by atoms with E-state index in [1.165, 1.54) is 0 Å². The molecular formula is C14H13Cl2N3O2. The molecule has 5 nitrogen and oxygen atoms in total. The molecule has 21 heavy (non-hydrogen) atoms. The zero-order valence-electron chi connectivity index (χ0n) is 11.0. The van der Waals surface area contributed by atoms with Crippen LogP contribution in [0, 0.1) is 11.3 Å². The van der Waals surface area contributed by atoms with E-state index >= 15 is 0 Å². The van der Waals surface area contributed by atoms with E-state index in [4.69, 9.17) is 28.5 Å².